The summed E-state index contributed by atoms with van der Waals surface area (Å²) in [6.45, 7) is 3.17. The number of hydrogen-bond donors (Lipinski definition) is 1. The molecule has 1 aromatic rings. The first-order chi connectivity index (χ1) is 9.36. The molecule has 0 aromatic heterocycles. The number of ether oxygens (including phenoxy) is 1. The maximum Gasteiger partial charge on any atom is 0.252 e. The van der Waals surface area contributed by atoms with Crippen molar-refractivity contribution < 1.29 is 9.53 Å². The van der Waals surface area contributed by atoms with Gasteiger partial charge in [0.1, 0.15) is 6.10 Å². The lowest BCUT2D eigenvalue weighted by molar-refractivity contribution is -0.144. The van der Waals surface area contributed by atoms with Crippen molar-refractivity contribution in [3.63, 3.8) is 0 Å². The van der Waals surface area contributed by atoms with Gasteiger partial charge in [-0.1, -0.05) is 30.3 Å². The first-order valence-electron chi connectivity index (χ1n) is 7.04. The van der Waals surface area contributed by atoms with Gasteiger partial charge in [0.15, 0.2) is 0 Å². The van der Waals surface area contributed by atoms with Gasteiger partial charge in [0.05, 0.1) is 6.04 Å². The van der Waals surface area contributed by atoms with Crippen LogP contribution in [0.2, 0.25) is 0 Å². The van der Waals surface area contributed by atoms with Crippen LogP contribution in [0.15, 0.2) is 30.3 Å². The summed E-state index contributed by atoms with van der Waals surface area (Å²) in [5.41, 5.74) is 1.20. The largest absolute Gasteiger partial charge is 0.368 e. The third-order valence-electron chi connectivity index (χ3n) is 3.92. The number of carbonyl (C=O) groups excluding carboxylic acids is 1. The van der Waals surface area contributed by atoms with E-state index in [9.17, 15) is 4.79 Å². The Morgan fingerprint density at radius 2 is 2.16 bits per heavy atom. The zero-order chi connectivity index (χ0) is 13.1. The standard InChI is InChI=1S/C15H20N2O2/c18-15(14-7-4-10-19-14)17-9-8-16-11-13(17)12-5-2-1-3-6-12/h1-3,5-6,13-14,16H,4,7-11H2. The zero-order valence-corrected chi connectivity index (χ0v) is 11.0. The van der Waals surface area contributed by atoms with Gasteiger partial charge in [-0.15, -0.1) is 0 Å². The Morgan fingerprint density at radius 3 is 2.89 bits per heavy atom. The first-order valence-corrected chi connectivity index (χ1v) is 7.04. The highest BCUT2D eigenvalue weighted by Gasteiger charge is 2.34. The van der Waals surface area contributed by atoms with Crippen molar-refractivity contribution in [2.45, 2.75) is 25.0 Å². The second-order valence-electron chi connectivity index (χ2n) is 5.16. The van der Waals surface area contributed by atoms with Crippen LogP contribution in [0.4, 0.5) is 0 Å². The Labute approximate surface area is 113 Å². The normalized spacial score (nSPS) is 27.5. The summed E-state index contributed by atoms with van der Waals surface area (Å²) < 4.78 is 5.54. The summed E-state index contributed by atoms with van der Waals surface area (Å²) in [5.74, 6) is 0.160. The predicted octanol–water partition coefficient (Wildman–Crippen LogP) is 1.34. The summed E-state index contributed by atoms with van der Waals surface area (Å²) in [5, 5.41) is 3.37. The lowest BCUT2D eigenvalue weighted by Crippen LogP contribution is -2.51. The van der Waals surface area contributed by atoms with Crippen LogP contribution in [0.3, 0.4) is 0 Å². The van der Waals surface area contributed by atoms with E-state index in [1.807, 2.05) is 23.1 Å². The Balaban J connectivity index is 1.79. The summed E-state index contributed by atoms with van der Waals surface area (Å²) >= 11 is 0. The number of benzene rings is 1. The predicted molar refractivity (Wildman–Crippen MR) is 72.7 cm³/mol. The maximum atomic E-state index is 12.6. The molecule has 2 heterocycles. The van der Waals surface area contributed by atoms with Gasteiger partial charge < -0.3 is 15.0 Å². The first kappa shape index (κ1) is 12.6. The molecule has 4 nitrogen and oxygen atoms in total. The molecule has 2 aliphatic rings. The molecule has 2 atom stereocenters. The molecule has 2 unspecified atom stereocenters. The van der Waals surface area contributed by atoms with Gasteiger partial charge in [-0.3, -0.25) is 4.79 Å². The molecule has 0 radical (unpaired) electrons. The molecule has 0 saturated carbocycles. The molecule has 0 aliphatic carbocycles. The van der Waals surface area contributed by atoms with E-state index >= 15 is 0 Å². The van der Waals surface area contributed by atoms with E-state index in [0.717, 1.165) is 39.1 Å². The van der Waals surface area contributed by atoms with Crippen LogP contribution in [-0.4, -0.2) is 43.2 Å². The van der Waals surface area contributed by atoms with Crippen LogP contribution in [0, 0.1) is 0 Å². The number of amides is 1. The summed E-state index contributed by atoms with van der Waals surface area (Å²) in [4.78, 5) is 14.5. The fraction of sp³-hybridized carbons (Fsp3) is 0.533. The van der Waals surface area contributed by atoms with Crippen LogP contribution >= 0.6 is 0 Å². The van der Waals surface area contributed by atoms with Gasteiger partial charge in [-0.2, -0.15) is 0 Å². The van der Waals surface area contributed by atoms with E-state index in [0.29, 0.717) is 0 Å². The highest BCUT2D eigenvalue weighted by atomic mass is 16.5. The molecule has 2 saturated heterocycles. The molecule has 2 aliphatic heterocycles. The molecule has 0 bridgehead atoms. The fourth-order valence-electron chi connectivity index (χ4n) is 2.90. The molecule has 1 amide bonds. The molecular formula is C15H20N2O2. The molecule has 19 heavy (non-hydrogen) atoms. The summed E-state index contributed by atoms with van der Waals surface area (Å²) in [7, 11) is 0. The van der Waals surface area contributed by atoms with Crippen LogP contribution in [0.25, 0.3) is 0 Å². The SMILES string of the molecule is O=C(C1CCCO1)N1CCNCC1c1ccccc1. The topological polar surface area (TPSA) is 41.6 Å². The fourth-order valence-corrected chi connectivity index (χ4v) is 2.90. The minimum Gasteiger partial charge on any atom is -0.368 e. The van der Waals surface area contributed by atoms with Gasteiger partial charge in [-0.05, 0) is 18.4 Å². The molecule has 0 spiro atoms. The number of nitrogens with zero attached hydrogens (tertiary/aromatic N) is 1. The van der Waals surface area contributed by atoms with Crippen LogP contribution < -0.4 is 5.32 Å². The Hall–Kier alpha value is -1.39. The third-order valence-corrected chi connectivity index (χ3v) is 3.92. The van der Waals surface area contributed by atoms with Crippen LogP contribution in [0.1, 0.15) is 24.4 Å². The van der Waals surface area contributed by atoms with Gasteiger partial charge in [-0.25, -0.2) is 0 Å². The van der Waals surface area contributed by atoms with Gasteiger partial charge >= 0.3 is 0 Å². The number of nitrogens with one attached hydrogen (secondary N) is 1. The Kier molecular flexibility index (Phi) is 3.80. The van der Waals surface area contributed by atoms with E-state index in [4.69, 9.17) is 4.74 Å². The van der Waals surface area contributed by atoms with Crippen molar-refractivity contribution in [2.75, 3.05) is 26.2 Å². The van der Waals surface area contributed by atoms with E-state index in [-0.39, 0.29) is 18.1 Å². The number of piperazine rings is 1. The molecular weight excluding hydrogens is 240 g/mol. The highest BCUT2D eigenvalue weighted by Crippen LogP contribution is 2.25. The van der Waals surface area contributed by atoms with E-state index in [1.54, 1.807) is 0 Å². The molecule has 4 heteroatoms. The van der Waals surface area contributed by atoms with Crippen molar-refractivity contribution in [3.8, 4) is 0 Å². The molecule has 1 aromatic carbocycles. The average Bonchev–Trinajstić information content (AvgIpc) is 3.02. The summed E-state index contributed by atoms with van der Waals surface area (Å²) in [6, 6.07) is 10.4. The van der Waals surface area contributed by atoms with E-state index < -0.39 is 0 Å². The minimum atomic E-state index is -0.218. The zero-order valence-electron chi connectivity index (χ0n) is 11.0. The minimum absolute atomic E-state index is 0.131. The van der Waals surface area contributed by atoms with Gasteiger partial charge in [0.25, 0.3) is 5.91 Å². The molecule has 3 rings (SSSR count). The summed E-state index contributed by atoms with van der Waals surface area (Å²) in [6.07, 6.45) is 1.65. The molecule has 1 N–H and O–H groups in total. The van der Waals surface area contributed by atoms with Gasteiger partial charge in [0, 0.05) is 26.2 Å². The highest BCUT2D eigenvalue weighted by molar-refractivity contribution is 5.81. The lowest BCUT2D eigenvalue weighted by Gasteiger charge is -2.37. The average molecular weight is 260 g/mol. The van der Waals surface area contributed by atoms with E-state index in [1.165, 1.54) is 5.56 Å². The lowest BCUT2D eigenvalue weighted by atomic mass is 10.0. The molecule has 2 fully saturated rings. The second-order valence-corrected chi connectivity index (χ2v) is 5.16. The van der Waals surface area contributed by atoms with Crippen LogP contribution in [-0.2, 0) is 9.53 Å². The monoisotopic (exact) mass is 260 g/mol. The quantitative estimate of drug-likeness (QED) is 0.872. The van der Waals surface area contributed by atoms with Crippen molar-refractivity contribution in [2.24, 2.45) is 0 Å². The second kappa shape index (κ2) is 5.72. The maximum absolute atomic E-state index is 12.6. The van der Waals surface area contributed by atoms with Crippen LogP contribution in [0.5, 0.6) is 0 Å². The number of rotatable bonds is 2. The van der Waals surface area contributed by atoms with Crippen molar-refractivity contribution in [3.05, 3.63) is 35.9 Å². The number of hydrogen-bond acceptors (Lipinski definition) is 3. The Morgan fingerprint density at radius 1 is 1.32 bits per heavy atom. The van der Waals surface area contributed by atoms with Crippen molar-refractivity contribution in [1.29, 1.82) is 0 Å². The van der Waals surface area contributed by atoms with Gasteiger partial charge in [0.2, 0.25) is 0 Å². The smallest absolute Gasteiger partial charge is 0.252 e. The van der Waals surface area contributed by atoms with Crippen molar-refractivity contribution >= 4 is 5.91 Å². The molecule has 102 valence electrons. The van der Waals surface area contributed by atoms with Crippen molar-refractivity contribution in [1.82, 2.24) is 10.2 Å². The van der Waals surface area contributed by atoms with E-state index in [2.05, 4.69) is 17.4 Å². The Bertz CT molecular complexity index is 429. The third kappa shape index (κ3) is 2.65. The number of carbonyl (C=O) groups is 1.